The van der Waals surface area contributed by atoms with E-state index in [-0.39, 0.29) is 17.9 Å². The van der Waals surface area contributed by atoms with E-state index in [2.05, 4.69) is 22.6 Å². The first-order valence-electron chi connectivity index (χ1n) is 12.2. The van der Waals surface area contributed by atoms with Crippen molar-refractivity contribution in [2.45, 2.75) is 37.8 Å². The first-order chi connectivity index (χ1) is 18.7. The molecule has 3 aromatic carbocycles. The Labute approximate surface area is 227 Å². The number of hydrogen-bond acceptors (Lipinski definition) is 5. The smallest absolute Gasteiger partial charge is 0.322 e. The molecule has 198 valence electrons. The minimum Gasteiger partial charge on any atom is -0.481 e. The highest BCUT2D eigenvalue weighted by atomic mass is 32.2. The molecule has 0 aliphatic heterocycles. The molecule has 0 saturated heterocycles. The molecule has 0 bridgehead atoms. The average Bonchev–Trinajstić information content (AvgIpc) is 3.19. The van der Waals surface area contributed by atoms with Gasteiger partial charge in [0.15, 0.2) is 0 Å². The Kier molecular flexibility index (Phi) is 8.36. The minimum atomic E-state index is -4.14. The molecule has 0 spiro atoms. The highest BCUT2D eigenvalue weighted by Gasteiger charge is 2.28. The summed E-state index contributed by atoms with van der Waals surface area (Å²) in [5.41, 5.74) is 3.78. The third kappa shape index (κ3) is 6.12. The van der Waals surface area contributed by atoms with E-state index in [1.54, 1.807) is 19.1 Å². The number of rotatable bonds is 10. The van der Waals surface area contributed by atoms with Crippen LogP contribution < -0.4 is 9.46 Å². The fourth-order valence-corrected chi connectivity index (χ4v) is 5.64. The number of ether oxygens (including phenoxy) is 1. The third-order valence-electron chi connectivity index (χ3n) is 6.45. The SMILES string of the molecule is CC#CCOc1ccc(S(=O)(=O)N[C@@H](Cc2c(C)n(Cc3ccccc3C#N)c3ccccc23)C(=O)O)cc1. The molecule has 0 unspecified atom stereocenters. The highest BCUT2D eigenvalue weighted by Crippen LogP contribution is 2.29. The molecule has 2 N–H and O–H groups in total. The van der Waals surface area contributed by atoms with Crippen LogP contribution in [0.25, 0.3) is 10.9 Å². The van der Waals surface area contributed by atoms with Crippen molar-refractivity contribution in [1.29, 1.82) is 5.26 Å². The van der Waals surface area contributed by atoms with Crippen molar-refractivity contribution in [3.63, 3.8) is 0 Å². The molecule has 0 radical (unpaired) electrons. The summed E-state index contributed by atoms with van der Waals surface area (Å²) in [4.78, 5) is 12.2. The van der Waals surface area contributed by atoms with Gasteiger partial charge < -0.3 is 14.4 Å². The van der Waals surface area contributed by atoms with Crippen molar-refractivity contribution in [2.24, 2.45) is 0 Å². The number of carboxylic acid groups (broad SMARTS) is 1. The quantitative estimate of drug-likeness (QED) is 0.290. The van der Waals surface area contributed by atoms with Crippen LogP contribution in [0.5, 0.6) is 5.75 Å². The Hall–Kier alpha value is -4.57. The zero-order valence-corrected chi connectivity index (χ0v) is 22.3. The van der Waals surface area contributed by atoms with Crippen molar-refractivity contribution in [2.75, 3.05) is 6.61 Å². The molecule has 0 saturated carbocycles. The number of benzene rings is 3. The van der Waals surface area contributed by atoms with Gasteiger partial charge in [-0.3, -0.25) is 4.79 Å². The molecular weight excluding hydrogens is 514 g/mol. The molecular formula is C30H27N3O5S. The second-order valence-corrected chi connectivity index (χ2v) is 10.6. The first-order valence-corrected chi connectivity index (χ1v) is 13.7. The lowest BCUT2D eigenvalue weighted by Crippen LogP contribution is -2.42. The number of aliphatic carboxylic acids is 1. The van der Waals surface area contributed by atoms with Gasteiger partial charge in [-0.15, -0.1) is 5.92 Å². The van der Waals surface area contributed by atoms with Crippen LogP contribution in [0.4, 0.5) is 0 Å². The lowest BCUT2D eigenvalue weighted by molar-refractivity contribution is -0.138. The Morgan fingerprint density at radius 3 is 2.46 bits per heavy atom. The zero-order chi connectivity index (χ0) is 28.0. The number of carbonyl (C=O) groups is 1. The van der Waals surface area contributed by atoms with E-state index in [0.717, 1.165) is 27.7 Å². The summed E-state index contributed by atoms with van der Waals surface area (Å²) in [7, 11) is -4.14. The average molecular weight is 542 g/mol. The van der Waals surface area contributed by atoms with Crippen LogP contribution in [-0.2, 0) is 27.8 Å². The predicted octanol–water partition coefficient (Wildman–Crippen LogP) is 4.25. The van der Waals surface area contributed by atoms with Gasteiger partial charge in [-0.25, -0.2) is 8.42 Å². The number of carboxylic acids is 1. The van der Waals surface area contributed by atoms with Crippen molar-refractivity contribution in [1.82, 2.24) is 9.29 Å². The molecule has 8 nitrogen and oxygen atoms in total. The standard InChI is InChI=1S/C30H27N3O5S/c1-3-4-17-38-24-13-15-25(16-14-24)39(36,37)32-28(30(34)35)18-27-21(2)33(29-12-8-7-11-26(27)29)20-23-10-6-5-9-22(23)19-31/h5-16,28,32H,17-18,20H2,1-2H3,(H,34,35)/t28-/m0/s1. The number of fused-ring (bicyclic) bond motifs is 1. The molecule has 9 heteroatoms. The summed E-state index contributed by atoms with van der Waals surface area (Å²) < 4.78 is 36.0. The van der Waals surface area contributed by atoms with Gasteiger partial charge in [0.1, 0.15) is 18.4 Å². The van der Waals surface area contributed by atoms with Gasteiger partial charge in [-0.05, 0) is 61.4 Å². The second kappa shape index (κ2) is 11.9. The minimum absolute atomic E-state index is 0.0648. The molecule has 1 atom stereocenters. The van der Waals surface area contributed by atoms with Crippen LogP contribution in [0, 0.1) is 30.1 Å². The number of hydrogen-bond donors (Lipinski definition) is 2. The van der Waals surface area contributed by atoms with E-state index in [9.17, 15) is 23.6 Å². The van der Waals surface area contributed by atoms with Gasteiger partial charge in [-0.2, -0.15) is 9.98 Å². The van der Waals surface area contributed by atoms with Crippen LogP contribution in [-0.4, -0.2) is 36.7 Å². The maximum Gasteiger partial charge on any atom is 0.322 e. The molecule has 4 aromatic rings. The topological polar surface area (TPSA) is 121 Å². The molecule has 4 rings (SSSR count). The summed E-state index contributed by atoms with van der Waals surface area (Å²) in [6, 6.07) is 21.4. The van der Waals surface area contributed by atoms with Crippen molar-refractivity contribution in [3.8, 4) is 23.7 Å². The number of nitrogens with zero attached hydrogens (tertiary/aromatic N) is 2. The Balaban J connectivity index is 1.63. The lowest BCUT2D eigenvalue weighted by atomic mass is 10.0. The Morgan fingerprint density at radius 2 is 1.77 bits per heavy atom. The molecule has 0 fully saturated rings. The number of nitriles is 1. The van der Waals surface area contributed by atoms with E-state index in [4.69, 9.17) is 4.74 Å². The van der Waals surface area contributed by atoms with Crippen LogP contribution >= 0.6 is 0 Å². The zero-order valence-electron chi connectivity index (χ0n) is 21.5. The lowest BCUT2D eigenvalue weighted by Gasteiger charge is -2.16. The van der Waals surface area contributed by atoms with Crippen LogP contribution in [0.3, 0.4) is 0 Å². The van der Waals surface area contributed by atoms with Gasteiger partial charge >= 0.3 is 5.97 Å². The Bertz CT molecular complexity index is 1720. The first kappa shape index (κ1) is 27.5. The van der Waals surface area contributed by atoms with Crippen molar-refractivity contribution < 1.29 is 23.1 Å². The van der Waals surface area contributed by atoms with Gasteiger partial charge in [0, 0.05) is 29.6 Å². The van der Waals surface area contributed by atoms with Crippen LogP contribution in [0.15, 0.2) is 77.7 Å². The normalized spacial score (nSPS) is 11.8. The molecule has 0 aliphatic carbocycles. The van der Waals surface area contributed by atoms with E-state index in [1.165, 1.54) is 24.3 Å². The fraction of sp³-hybridized carbons (Fsp3) is 0.200. The summed E-state index contributed by atoms with van der Waals surface area (Å²) in [5, 5.41) is 20.3. The highest BCUT2D eigenvalue weighted by molar-refractivity contribution is 7.89. The molecule has 0 aliphatic rings. The maximum absolute atomic E-state index is 13.1. The monoisotopic (exact) mass is 541 g/mol. The van der Waals surface area contributed by atoms with Crippen LogP contribution in [0.1, 0.15) is 29.3 Å². The number of aromatic nitrogens is 1. The van der Waals surface area contributed by atoms with Crippen molar-refractivity contribution >= 4 is 26.9 Å². The fourth-order valence-electron chi connectivity index (χ4n) is 4.45. The molecule has 1 aromatic heterocycles. The van der Waals surface area contributed by atoms with Crippen molar-refractivity contribution in [3.05, 3.63) is 95.2 Å². The second-order valence-electron chi connectivity index (χ2n) is 8.84. The number of sulfonamides is 1. The molecule has 39 heavy (non-hydrogen) atoms. The third-order valence-corrected chi connectivity index (χ3v) is 7.94. The van der Waals surface area contributed by atoms with Gasteiger partial charge in [0.05, 0.1) is 16.5 Å². The molecule has 1 heterocycles. The predicted molar refractivity (Wildman–Crippen MR) is 148 cm³/mol. The summed E-state index contributed by atoms with van der Waals surface area (Å²) in [5.74, 6) is 4.63. The Morgan fingerprint density at radius 1 is 1.08 bits per heavy atom. The maximum atomic E-state index is 13.1. The largest absolute Gasteiger partial charge is 0.481 e. The van der Waals surface area contributed by atoms with Crippen LogP contribution in [0.2, 0.25) is 0 Å². The van der Waals surface area contributed by atoms with Gasteiger partial charge in [0.25, 0.3) is 0 Å². The number of nitrogens with one attached hydrogen (secondary N) is 1. The van der Waals surface area contributed by atoms with Gasteiger partial charge in [0.2, 0.25) is 10.0 Å². The van der Waals surface area contributed by atoms with E-state index in [0.29, 0.717) is 17.9 Å². The number of para-hydroxylation sites is 1. The molecule has 0 amide bonds. The van der Waals surface area contributed by atoms with E-state index >= 15 is 0 Å². The summed E-state index contributed by atoms with van der Waals surface area (Å²) in [6.07, 6.45) is -0.0648. The summed E-state index contributed by atoms with van der Waals surface area (Å²) in [6.45, 7) is 4.16. The van der Waals surface area contributed by atoms with E-state index in [1.807, 2.05) is 47.9 Å². The van der Waals surface area contributed by atoms with Gasteiger partial charge in [-0.1, -0.05) is 42.3 Å². The summed E-state index contributed by atoms with van der Waals surface area (Å²) >= 11 is 0. The van der Waals surface area contributed by atoms with E-state index < -0.39 is 22.0 Å².